The van der Waals surface area contributed by atoms with Crippen molar-refractivity contribution in [2.75, 3.05) is 18.4 Å². The highest BCUT2D eigenvalue weighted by molar-refractivity contribution is 5.80. The van der Waals surface area contributed by atoms with Crippen LogP contribution in [0.2, 0.25) is 0 Å². The summed E-state index contributed by atoms with van der Waals surface area (Å²) < 4.78 is 0. The van der Waals surface area contributed by atoms with Crippen LogP contribution >= 0.6 is 0 Å². The fraction of sp³-hybridized carbons (Fsp3) is 0.353. The number of rotatable bonds is 7. The van der Waals surface area contributed by atoms with Gasteiger partial charge in [-0.1, -0.05) is 30.3 Å². The van der Waals surface area contributed by atoms with E-state index >= 15 is 0 Å². The van der Waals surface area contributed by atoms with Gasteiger partial charge in [-0.25, -0.2) is 9.97 Å². The first-order chi connectivity index (χ1) is 10.8. The summed E-state index contributed by atoms with van der Waals surface area (Å²) in [5.74, 6) is 2.09. The van der Waals surface area contributed by atoms with E-state index < -0.39 is 0 Å². The molecule has 3 rings (SSSR count). The summed E-state index contributed by atoms with van der Waals surface area (Å²) in [5.41, 5.74) is 1.22. The number of nitrogens with one attached hydrogen (secondary N) is 2. The van der Waals surface area contributed by atoms with Crippen LogP contribution < -0.4 is 10.6 Å². The fourth-order valence-electron chi connectivity index (χ4n) is 2.23. The minimum absolute atomic E-state index is 0.0254. The van der Waals surface area contributed by atoms with E-state index in [1.54, 1.807) is 12.3 Å². The number of carbonyl (C=O) groups is 1. The quantitative estimate of drug-likeness (QED) is 0.821. The highest BCUT2D eigenvalue weighted by Crippen LogP contribution is 2.37. The SMILES string of the molecule is O=C(CNc1ccnc(C2CC2)n1)NCCc1ccccc1. The molecule has 5 nitrogen and oxygen atoms in total. The third-order valence-electron chi connectivity index (χ3n) is 3.63. The first kappa shape index (κ1) is 14.5. The molecule has 0 bridgehead atoms. The Hall–Kier alpha value is -2.43. The number of hydrogen-bond acceptors (Lipinski definition) is 4. The van der Waals surface area contributed by atoms with Gasteiger partial charge < -0.3 is 10.6 Å². The van der Waals surface area contributed by atoms with Crippen molar-refractivity contribution >= 4 is 11.7 Å². The number of aromatic nitrogens is 2. The topological polar surface area (TPSA) is 66.9 Å². The van der Waals surface area contributed by atoms with Gasteiger partial charge in [-0.3, -0.25) is 4.79 Å². The lowest BCUT2D eigenvalue weighted by atomic mass is 10.1. The van der Waals surface area contributed by atoms with Crippen molar-refractivity contribution in [3.63, 3.8) is 0 Å². The molecule has 0 aliphatic heterocycles. The first-order valence-electron chi connectivity index (χ1n) is 7.69. The molecular weight excluding hydrogens is 276 g/mol. The molecule has 1 amide bonds. The molecule has 2 aromatic rings. The highest BCUT2D eigenvalue weighted by atomic mass is 16.1. The zero-order valence-corrected chi connectivity index (χ0v) is 12.5. The molecule has 114 valence electrons. The highest BCUT2D eigenvalue weighted by Gasteiger charge is 2.26. The Morgan fingerprint density at radius 1 is 1.18 bits per heavy atom. The maximum atomic E-state index is 11.8. The molecule has 1 aliphatic rings. The monoisotopic (exact) mass is 296 g/mol. The predicted molar refractivity (Wildman–Crippen MR) is 85.7 cm³/mol. The standard InChI is InChI=1S/C17H20N4O/c22-16(18-10-8-13-4-2-1-3-5-13)12-20-15-9-11-19-17(21-15)14-6-7-14/h1-5,9,11,14H,6-8,10,12H2,(H,18,22)(H,19,20,21). The Bertz CT molecular complexity index is 626. The maximum Gasteiger partial charge on any atom is 0.239 e. The van der Waals surface area contributed by atoms with Gasteiger partial charge in [0.05, 0.1) is 6.54 Å². The third-order valence-corrected chi connectivity index (χ3v) is 3.63. The average Bonchev–Trinajstić information content (AvgIpc) is 3.39. The first-order valence-corrected chi connectivity index (χ1v) is 7.69. The third kappa shape index (κ3) is 4.28. The van der Waals surface area contributed by atoms with Gasteiger partial charge in [0, 0.05) is 18.7 Å². The Kier molecular flexibility index (Phi) is 4.63. The molecule has 0 atom stereocenters. The van der Waals surface area contributed by atoms with Crippen molar-refractivity contribution in [1.82, 2.24) is 15.3 Å². The number of amides is 1. The van der Waals surface area contributed by atoms with Gasteiger partial charge in [-0.05, 0) is 30.9 Å². The van der Waals surface area contributed by atoms with Crippen molar-refractivity contribution < 1.29 is 4.79 Å². The van der Waals surface area contributed by atoms with Crippen molar-refractivity contribution in [2.24, 2.45) is 0 Å². The van der Waals surface area contributed by atoms with Crippen LogP contribution in [0.4, 0.5) is 5.82 Å². The predicted octanol–water partition coefficient (Wildman–Crippen LogP) is 2.12. The summed E-state index contributed by atoms with van der Waals surface area (Å²) in [4.78, 5) is 20.5. The number of nitrogens with zero attached hydrogens (tertiary/aromatic N) is 2. The van der Waals surface area contributed by atoms with Gasteiger partial charge in [0.15, 0.2) is 0 Å². The van der Waals surface area contributed by atoms with Crippen LogP contribution in [-0.4, -0.2) is 29.0 Å². The molecule has 1 aromatic heterocycles. The Morgan fingerprint density at radius 2 is 2.00 bits per heavy atom. The number of anilines is 1. The lowest BCUT2D eigenvalue weighted by Gasteiger charge is -2.08. The zero-order valence-electron chi connectivity index (χ0n) is 12.5. The molecule has 1 saturated carbocycles. The van der Waals surface area contributed by atoms with Crippen LogP contribution in [0.1, 0.15) is 30.1 Å². The summed E-state index contributed by atoms with van der Waals surface area (Å²) in [6.45, 7) is 0.873. The van der Waals surface area contributed by atoms with E-state index in [2.05, 4.69) is 32.7 Å². The van der Waals surface area contributed by atoms with Crippen molar-refractivity contribution in [3.05, 3.63) is 54.0 Å². The molecule has 0 spiro atoms. The van der Waals surface area contributed by atoms with Gasteiger partial charge in [-0.15, -0.1) is 0 Å². The molecule has 2 N–H and O–H groups in total. The molecule has 1 aromatic carbocycles. The van der Waals surface area contributed by atoms with Crippen molar-refractivity contribution in [2.45, 2.75) is 25.2 Å². The smallest absolute Gasteiger partial charge is 0.239 e. The minimum atomic E-state index is -0.0254. The number of benzene rings is 1. The molecule has 0 saturated heterocycles. The second kappa shape index (κ2) is 7.02. The van der Waals surface area contributed by atoms with E-state index in [1.165, 1.54) is 18.4 Å². The second-order valence-electron chi connectivity index (χ2n) is 5.51. The van der Waals surface area contributed by atoms with Crippen LogP contribution in [-0.2, 0) is 11.2 Å². The maximum absolute atomic E-state index is 11.8. The van der Waals surface area contributed by atoms with Crippen LogP contribution in [0.3, 0.4) is 0 Å². The average molecular weight is 296 g/mol. The summed E-state index contributed by atoms with van der Waals surface area (Å²) >= 11 is 0. The van der Waals surface area contributed by atoms with E-state index in [-0.39, 0.29) is 12.5 Å². The molecule has 1 aliphatic carbocycles. The van der Waals surface area contributed by atoms with E-state index in [0.717, 1.165) is 18.1 Å². The van der Waals surface area contributed by atoms with E-state index in [1.807, 2.05) is 18.2 Å². The Morgan fingerprint density at radius 3 is 2.77 bits per heavy atom. The van der Waals surface area contributed by atoms with Crippen LogP contribution in [0, 0.1) is 0 Å². The summed E-state index contributed by atoms with van der Waals surface area (Å²) in [7, 11) is 0. The van der Waals surface area contributed by atoms with Crippen molar-refractivity contribution in [3.8, 4) is 0 Å². The van der Waals surface area contributed by atoms with E-state index in [0.29, 0.717) is 12.5 Å². The molecular formula is C17H20N4O. The van der Waals surface area contributed by atoms with Gasteiger partial charge in [0.1, 0.15) is 11.6 Å². The molecule has 0 unspecified atom stereocenters. The largest absolute Gasteiger partial charge is 0.361 e. The van der Waals surface area contributed by atoms with Gasteiger partial charge >= 0.3 is 0 Å². The van der Waals surface area contributed by atoms with Crippen LogP contribution in [0.25, 0.3) is 0 Å². The van der Waals surface area contributed by atoms with Gasteiger partial charge in [0.25, 0.3) is 0 Å². The van der Waals surface area contributed by atoms with Crippen molar-refractivity contribution in [1.29, 1.82) is 0 Å². The molecule has 22 heavy (non-hydrogen) atoms. The Labute approximate surface area is 130 Å². The lowest BCUT2D eigenvalue weighted by molar-refractivity contribution is -0.119. The van der Waals surface area contributed by atoms with E-state index in [4.69, 9.17) is 0 Å². The van der Waals surface area contributed by atoms with E-state index in [9.17, 15) is 4.79 Å². The van der Waals surface area contributed by atoms with Crippen LogP contribution in [0.15, 0.2) is 42.6 Å². The number of carbonyl (C=O) groups excluding carboxylic acids is 1. The molecule has 5 heteroatoms. The Balaban J connectivity index is 1.39. The van der Waals surface area contributed by atoms with Crippen LogP contribution in [0.5, 0.6) is 0 Å². The normalized spacial score (nSPS) is 13.6. The molecule has 1 fully saturated rings. The number of hydrogen-bond donors (Lipinski definition) is 2. The summed E-state index contributed by atoms with van der Waals surface area (Å²) in [6, 6.07) is 11.9. The molecule has 0 radical (unpaired) electrons. The fourth-order valence-corrected chi connectivity index (χ4v) is 2.23. The van der Waals surface area contributed by atoms with Gasteiger partial charge in [-0.2, -0.15) is 0 Å². The second-order valence-corrected chi connectivity index (χ2v) is 5.51. The molecule has 1 heterocycles. The van der Waals surface area contributed by atoms with Gasteiger partial charge in [0.2, 0.25) is 5.91 Å². The summed E-state index contributed by atoms with van der Waals surface area (Å²) in [6.07, 6.45) is 4.93. The summed E-state index contributed by atoms with van der Waals surface area (Å²) in [5, 5.41) is 5.96. The lowest BCUT2D eigenvalue weighted by Crippen LogP contribution is -2.31. The minimum Gasteiger partial charge on any atom is -0.361 e. The zero-order chi connectivity index (χ0) is 15.2.